The van der Waals surface area contributed by atoms with Crippen LogP contribution in [0.4, 0.5) is 0 Å². The van der Waals surface area contributed by atoms with Crippen LogP contribution in [0.5, 0.6) is 5.75 Å². The third-order valence-electron chi connectivity index (χ3n) is 1.91. The summed E-state index contributed by atoms with van der Waals surface area (Å²) in [4.78, 5) is 25.7. The van der Waals surface area contributed by atoms with Crippen LogP contribution in [-0.4, -0.2) is 20.1 Å². The number of hydrogen-bond donors (Lipinski definition) is 1. The summed E-state index contributed by atoms with van der Waals surface area (Å²) in [6.07, 6.45) is 5.27. The predicted molar refractivity (Wildman–Crippen MR) is 55.0 cm³/mol. The first kappa shape index (κ1) is 9.19. The SMILES string of the molecule is O=c1c(O)c(C=C2C=C[Se]C=C2)c1=O. The Bertz CT molecular complexity index is 514. The minimum absolute atomic E-state index is 0.119. The van der Waals surface area contributed by atoms with E-state index in [9.17, 15) is 9.59 Å². The van der Waals surface area contributed by atoms with Gasteiger partial charge in [0.25, 0.3) is 0 Å². The Labute approximate surface area is 85.9 Å². The van der Waals surface area contributed by atoms with Crippen molar-refractivity contribution in [2.24, 2.45) is 0 Å². The molecule has 1 heterocycles. The van der Waals surface area contributed by atoms with E-state index in [2.05, 4.69) is 0 Å². The topological polar surface area (TPSA) is 54.4 Å². The third kappa shape index (κ3) is 1.39. The standard InChI is InChI=1S/C10H6O3Se/c11-8-7(9(12)10(8)13)5-6-1-3-14-4-2-6/h1-5,11H. The molecule has 4 heteroatoms. The van der Waals surface area contributed by atoms with E-state index in [1.807, 2.05) is 22.1 Å². The van der Waals surface area contributed by atoms with Crippen molar-refractivity contribution in [2.75, 3.05) is 0 Å². The summed E-state index contributed by atoms with van der Waals surface area (Å²) >= 11 is 0.382. The van der Waals surface area contributed by atoms with Gasteiger partial charge in [-0.2, -0.15) is 0 Å². The Morgan fingerprint density at radius 1 is 1.14 bits per heavy atom. The molecule has 0 aliphatic carbocycles. The van der Waals surface area contributed by atoms with Gasteiger partial charge in [-0.15, -0.1) is 0 Å². The van der Waals surface area contributed by atoms with Crippen molar-refractivity contribution >= 4 is 21.0 Å². The average molecular weight is 253 g/mol. The van der Waals surface area contributed by atoms with Crippen molar-refractivity contribution in [2.45, 2.75) is 0 Å². The van der Waals surface area contributed by atoms with Crippen molar-refractivity contribution in [3.63, 3.8) is 0 Å². The molecular weight excluding hydrogens is 247 g/mol. The van der Waals surface area contributed by atoms with Gasteiger partial charge in [-0.25, -0.2) is 0 Å². The Balaban J connectivity index is 2.40. The van der Waals surface area contributed by atoms with Crippen molar-refractivity contribution in [1.29, 1.82) is 0 Å². The average Bonchev–Trinajstić information content (AvgIpc) is 2.26. The summed E-state index contributed by atoms with van der Waals surface area (Å²) < 4.78 is 0. The monoisotopic (exact) mass is 254 g/mol. The summed E-state index contributed by atoms with van der Waals surface area (Å²) in [5.41, 5.74) is -0.438. The zero-order chi connectivity index (χ0) is 10.1. The van der Waals surface area contributed by atoms with Crippen molar-refractivity contribution in [3.8, 4) is 5.75 Å². The molecule has 0 unspecified atom stereocenters. The van der Waals surface area contributed by atoms with Crippen LogP contribution in [0.1, 0.15) is 5.56 Å². The van der Waals surface area contributed by atoms with Crippen LogP contribution in [0.25, 0.3) is 6.08 Å². The van der Waals surface area contributed by atoms with Gasteiger partial charge >= 0.3 is 85.6 Å². The molecule has 0 fully saturated rings. The second kappa shape index (κ2) is 3.40. The van der Waals surface area contributed by atoms with Crippen LogP contribution in [0, 0.1) is 0 Å². The van der Waals surface area contributed by atoms with Crippen LogP contribution in [0.15, 0.2) is 37.3 Å². The maximum absolute atomic E-state index is 11.0. The molecule has 14 heavy (non-hydrogen) atoms. The first-order valence-electron chi connectivity index (χ1n) is 3.92. The Kier molecular flexibility index (Phi) is 2.23. The van der Waals surface area contributed by atoms with E-state index in [1.54, 1.807) is 0 Å². The molecule has 0 amide bonds. The molecule has 3 nitrogen and oxygen atoms in total. The molecular formula is C10H6O3Se. The van der Waals surface area contributed by atoms with Crippen LogP contribution >= 0.6 is 0 Å². The third-order valence-corrected chi connectivity index (χ3v) is 3.14. The number of hydrogen-bond acceptors (Lipinski definition) is 3. The molecule has 0 bridgehead atoms. The number of rotatable bonds is 1. The summed E-state index contributed by atoms with van der Waals surface area (Å²) in [5.74, 6) is -0.416. The fourth-order valence-corrected chi connectivity index (χ4v) is 2.31. The van der Waals surface area contributed by atoms with Gasteiger partial charge in [0.05, 0.1) is 0 Å². The van der Waals surface area contributed by atoms with Gasteiger partial charge in [-0.1, -0.05) is 0 Å². The van der Waals surface area contributed by atoms with Gasteiger partial charge in [-0.05, 0) is 0 Å². The number of aromatic hydroxyl groups is 1. The quantitative estimate of drug-likeness (QED) is 0.571. The Morgan fingerprint density at radius 3 is 2.36 bits per heavy atom. The molecule has 0 spiro atoms. The Morgan fingerprint density at radius 2 is 1.79 bits per heavy atom. The zero-order valence-electron chi connectivity index (χ0n) is 7.06. The first-order valence-corrected chi connectivity index (χ1v) is 5.90. The van der Waals surface area contributed by atoms with Crippen LogP contribution in [0.2, 0.25) is 0 Å². The van der Waals surface area contributed by atoms with Crippen LogP contribution < -0.4 is 10.9 Å². The summed E-state index contributed by atoms with van der Waals surface area (Å²) in [6, 6.07) is 0. The van der Waals surface area contributed by atoms with Crippen LogP contribution in [-0.2, 0) is 0 Å². The van der Waals surface area contributed by atoms with E-state index in [0.717, 1.165) is 5.57 Å². The van der Waals surface area contributed by atoms with Crippen molar-refractivity contribution in [3.05, 3.63) is 53.7 Å². The Hall–Kier alpha value is -1.38. The fourth-order valence-electron chi connectivity index (χ4n) is 1.13. The second-order valence-electron chi connectivity index (χ2n) is 2.81. The van der Waals surface area contributed by atoms with Gasteiger partial charge in [0.1, 0.15) is 0 Å². The molecule has 1 aliphatic heterocycles. The molecule has 2 rings (SSSR count). The van der Waals surface area contributed by atoms with E-state index >= 15 is 0 Å². The second-order valence-corrected chi connectivity index (χ2v) is 4.52. The molecule has 0 atom stereocenters. The molecule has 1 aliphatic rings. The molecule has 0 saturated carbocycles. The van der Waals surface area contributed by atoms with Crippen LogP contribution in [0.3, 0.4) is 0 Å². The van der Waals surface area contributed by atoms with Crippen molar-refractivity contribution < 1.29 is 5.11 Å². The zero-order valence-corrected chi connectivity index (χ0v) is 8.77. The van der Waals surface area contributed by atoms with E-state index in [1.165, 1.54) is 6.08 Å². The van der Waals surface area contributed by atoms with Gasteiger partial charge in [0, 0.05) is 0 Å². The molecule has 70 valence electrons. The molecule has 1 aromatic rings. The normalized spacial score (nSPS) is 15.0. The maximum atomic E-state index is 11.0. The van der Waals surface area contributed by atoms with E-state index in [4.69, 9.17) is 5.11 Å². The van der Waals surface area contributed by atoms with Gasteiger partial charge in [-0.3, -0.25) is 0 Å². The van der Waals surface area contributed by atoms with E-state index in [0.29, 0.717) is 15.0 Å². The van der Waals surface area contributed by atoms with Crippen molar-refractivity contribution in [1.82, 2.24) is 0 Å². The van der Waals surface area contributed by atoms with Gasteiger partial charge < -0.3 is 0 Å². The summed E-state index contributed by atoms with van der Waals surface area (Å²) in [6.45, 7) is 0. The number of allylic oxidation sites excluding steroid dienone is 3. The summed E-state index contributed by atoms with van der Waals surface area (Å²) in [5, 5.41) is 9.10. The van der Waals surface area contributed by atoms with Gasteiger partial charge in [0.2, 0.25) is 0 Å². The molecule has 1 aromatic carbocycles. The summed E-state index contributed by atoms with van der Waals surface area (Å²) in [7, 11) is 0. The molecule has 0 radical (unpaired) electrons. The van der Waals surface area contributed by atoms with E-state index in [-0.39, 0.29) is 5.56 Å². The molecule has 0 aromatic heterocycles. The van der Waals surface area contributed by atoms with E-state index < -0.39 is 16.6 Å². The van der Waals surface area contributed by atoms with Gasteiger partial charge in [0.15, 0.2) is 0 Å². The fraction of sp³-hybridized carbons (Fsp3) is 0. The predicted octanol–water partition coefficient (Wildman–Crippen LogP) is 0.117. The minimum atomic E-state index is -0.787. The molecule has 1 N–H and O–H groups in total. The first-order chi connectivity index (χ1) is 6.70. The molecule has 0 saturated heterocycles.